The maximum atomic E-state index is 5.42. The van der Waals surface area contributed by atoms with Crippen LogP contribution in [0.2, 0.25) is 0 Å². The molecule has 0 aromatic carbocycles. The number of piperidine rings is 1. The molecule has 2 rings (SSSR count). The molecule has 2 N–H and O–H groups in total. The topological polar surface area (TPSA) is 33.3 Å². The lowest BCUT2D eigenvalue weighted by Crippen LogP contribution is -2.46. The van der Waals surface area contributed by atoms with E-state index in [0.717, 1.165) is 25.2 Å². The predicted octanol–water partition coefficient (Wildman–Crippen LogP) is 0.753. The number of ether oxygens (including phenoxy) is 1. The number of rotatable bonds is 3. The first kappa shape index (κ1) is 10.4. The second-order valence-corrected chi connectivity index (χ2v) is 4.60. The fourth-order valence-electron chi connectivity index (χ4n) is 2.44. The van der Waals surface area contributed by atoms with Crippen LogP contribution >= 0.6 is 0 Å². The Bertz CT molecular complexity index is 163. The smallest absolute Gasteiger partial charge is 0.0509 e. The van der Waals surface area contributed by atoms with Crippen molar-refractivity contribution in [1.29, 1.82) is 0 Å². The number of hydrogen-bond acceptors (Lipinski definition) is 3. The van der Waals surface area contributed by atoms with Crippen molar-refractivity contribution < 1.29 is 4.74 Å². The van der Waals surface area contributed by atoms with E-state index in [1.807, 2.05) is 0 Å². The van der Waals surface area contributed by atoms with Gasteiger partial charge in [0.2, 0.25) is 0 Å². The molecule has 0 radical (unpaired) electrons. The highest BCUT2D eigenvalue weighted by molar-refractivity contribution is 4.82. The van der Waals surface area contributed by atoms with Crippen LogP contribution in [0.5, 0.6) is 0 Å². The quantitative estimate of drug-likeness (QED) is 0.702. The summed E-state index contributed by atoms with van der Waals surface area (Å²) in [5.74, 6) is 0.741. The number of hydrogen-bond donors (Lipinski definition) is 2. The van der Waals surface area contributed by atoms with Crippen LogP contribution < -0.4 is 10.6 Å². The van der Waals surface area contributed by atoms with Crippen LogP contribution in [0.25, 0.3) is 0 Å². The molecule has 0 saturated carbocycles. The van der Waals surface area contributed by atoms with Gasteiger partial charge < -0.3 is 15.4 Å². The van der Waals surface area contributed by atoms with Gasteiger partial charge in [0.15, 0.2) is 0 Å². The molecule has 82 valence electrons. The molecule has 3 heteroatoms. The molecule has 0 aliphatic carbocycles. The molecular formula is C11H22N2O. The van der Waals surface area contributed by atoms with Crippen LogP contribution in [0.15, 0.2) is 0 Å². The van der Waals surface area contributed by atoms with Crippen LogP contribution in [-0.4, -0.2) is 38.4 Å². The predicted molar refractivity (Wildman–Crippen MR) is 57.4 cm³/mol. The van der Waals surface area contributed by atoms with E-state index in [-0.39, 0.29) is 0 Å². The molecule has 2 atom stereocenters. The van der Waals surface area contributed by atoms with Gasteiger partial charge in [-0.3, -0.25) is 0 Å². The second-order valence-electron chi connectivity index (χ2n) is 4.60. The third-order valence-electron chi connectivity index (χ3n) is 3.51. The molecule has 0 aromatic rings. The summed E-state index contributed by atoms with van der Waals surface area (Å²) in [7, 11) is 0. The summed E-state index contributed by atoms with van der Waals surface area (Å²) in [5.41, 5.74) is 0. The van der Waals surface area contributed by atoms with E-state index >= 15 is 0 Å². The van der Waals surface area contributed by atoms with Crippen LogP contribution in [0.4, 0.5) is 0 Å². The van der Waals surface area contributed by atoms with E-state index in [9.17, 15) is 0 Å². The molecule has 2 heterocycles. The molecule has 2 saturated heterocycles. The molecule has 0 aromatic heterocycles. The van der Waals surface area contributed by atoms with Crippen molar-refractivity contribution in [2.75, 3.05) is 26.3 Å². The Balaban J connectivity index is 1.72. The monoisotopic (exact) mass is 198 g/mol. The first-order chi connectivity index (χ1) is 6.86. The van der Waals surface area contributed by atoms with Crippen molar-refractivity contribution in [1.82, 2.24) is 10.6 Å². The minimum absolute atomic E-state index is 0.626. The fourth-order valence-corrected chi connectivity index (χ4v) is 2.44. The molecule has 14 heavy (non-hydrogen) atoms. The zero-order valence-electron chi connectivity index (χ0n) is 9.09. The maximum absolute atomic E-state index is 5.42. The van der Waals surface area contributed by atoms with Gasteiger partial charge in [-0.15, -0.1) is 0 Å². The van der Waals surface area contributed by atoms with Gasteiger partial charge in [-0.1, -0.05) is 0 Å². The standard InChI is InChI=1S/C11H22N2O/c1-9(10-4-7-14-8-10)13-11-2-5-12-6-3-11/h9-13H,2-8H2,1H3. The third kappa shape index (κ3) is 2.69. The van der Waals surface area contributed by atoms with Gasteiger partial charge in [0.25, 0.3) is 0 Å². The van der Waals surface area contributed by atoms with Crippen molar-refractivity contribution in [2.45, 2.75) is 38.3 Å². The van der Waals surface area contributed by atoms with Crippen molar-refractivity contribution in [3.05, 3.63) is 0 Å². The van der Waals surface area contributed by atoms with Crippen molar-refractivity contribution >= 4 is 0 Å². The first-order valence-corrected chi connectivity index (χ1v) is 5.91. The largest absolute Gasteiger partial charge is 0.381 e. The third-order valence-corrected chi connectivity index (χ3v) is 3.51. The summed E-state index contributed by atoms with van der Waals surface area (Å²) in [5, 5.41) is 7.13. The molecule has 2 fully saturated rings. The van der Waals surface area contributed by atoms with E-state index in [0.29, 0.717) is 6.04 Å². The lowest BCUT2D eigenvalue weighted by Gasteiger charge is -2.29. The van der Waals surface area contributed by atoms with Gasteiger partial charge in [-0.2, -0.15) is 0 Å². The van der Waals surface area contributed by atoms with Gasteiger partial charge >= 0.3 is 0 Å². The average molecular weight is 198 g/mol. The van der Waals surface area contributed by atoms with Gasteiger partial charge in [-0.25, -0.2) is 0 Å². The van der Waals surface area contributed by atoms with E-state index in [1.54, 1.807) is 0 Å². The van der Waals surface area contributed by atoms with Gasteiger partial charge in [0.1, 0.15) is 0 Å². The summed E-state index contributed by atoms with van der Waals surface area (Å²) in [6, 6.07) is 1.35. The lowest BCUT2D eigenvalue weighted by atomic mass is 9.98. The molecular weight excluding hydrogens is 176 g/mol. The van der Waals surface area contributed by atoms with E-state index in [1.165, 1.54) is 32.4 Å². The normalized spacial score (nSPS) is 31.9. The Morgan fingerprint density at radius 1 is 1.29 bits per heavy atom. The maximum Gasteiger partial charge on any atom is 0.0509 e. The van der Waals surface area contributed by atoms with Gasteiger partial charge in [0, 0.05) is 18.7 Å². The summed E-state index contributed by atoms with van der Waals surface area (Å²) in [4.78, 5) is 0. The lowest BCUT2D eigenvalue weighted by molar-refractivity contribution is 0.175. The Labute approximate surface area is 86.6 Å². The zero-order chi connectivity index (χ0) is 9.80. The minimum Gasteiger partial charge on any atom is -0.381 e. The van der Waals surface area contributed by atoms with E-state index in [4.69, 9.17) is 4.74 Å². The fraction of sp³-hybridized carbons (Fsp3) is 1.00. The van der Waals surface area contributed by atoms with Gasteiger partial charge in [0.05, 0.1) is 6.61 Å². The Morgan fingerprint density at radius 3 is 2.71 bits per heavy atom. The minimum atomic E-state index is 0.626. The second kappa shape index (κ2) is 5.10. The zero-order valence-corrected chi connectivity index (χ0v) is 9.09. The van der Waals surface area contributed by atoms with Crippen molar-refractivity contribution in [2.24, 2.45) is 5.92 Å². The molecule has 3 nitrogen and oxygen atoms in total. The molecule has 0 bridgehead atoms. The Morgan fingerprint density at radius 2 is 2.07 bits per heavy atom. The molecule has 0 amide bonds. The molecule has 2 unspecified atom stereocenters. The van der Waals surface area contributed by atoms with E-state index in [2.05, 4.69) is 17.6 Å². The molecule has 0 spiro atoms. The summed E-state index contributed by atoms with van der Waals surface area (Å²) in [6.07, 6.45) is 3.79. The van der Waals surface area contributed by atoms with Gasteiger partial charge in [-0.05, 0) is 45.2 Å². The van der Waals surface area contributed by atoms with Crippen LogP contribution in [0.1, 0.15) is 26.2 Å². The van der Waals surface area contributed by atoms with Crippen LogP contribution in [-0.2, 0) is 4.74 Å². The number of nitrogens with one attached hydrogen (secondary N) is 2. The molecule has 2 aliphatic heterocycles. The van der Waals surface area contributed by atoms with Crippen molar-refractivity contribution in [3.63, 3.8) is 0 Å². The highest BCUT2D eigenvalue weighted by atomic mass is 16.5. The SMILES string of the molecule is CC(NC1CCNCC1)C1CCOC1. The highest BCUT2D eigenvalue weighted by Crippen LogP contribution is 2.17. The van der Waals surface area contributed by atoms with E-state index < -0.39 is 0 Å². The Hall–Kier alpha value is -0.120. The average Bonchev–Trinajstić information content (AvgIpc) is 2.72. The summed E-state index contributed by atoms with van der Waals surface area (Å²) >= 11 is 0. The Kier molecular flexibility index (Phi) is 3.79. The highest BCUT2D eigenvalue weighted by Gasteiger charge is 2.24. The van der Waals surface area contributed by atoms with Crippen molar-refractivity contribution in [3.8, 4) is 0 Å². The first-order valence-electron chi connectivity index (χ1n) is 5.91. The van der Waals surface area contributed by atoms with Crippen LogP contribution in [0.3, 0.4) is 0 Å². The summed E-state index contributed by atoms with van der Waals surface area (Å²) in [6.45, 7) is 6.57. The molecule has 2 aliphatic rings. The van der Waals surface area contributed by atoms with Crippen LogP contribution in [0, 0.1) is 5.92 Å². The summed E-state index contributed by atoms with van der Waals surface area (Å²) < 4.78 is 5.42.